The van der Waals surface area contributed by atoms with Gasteiger partial charge >= 0.3 is 6.09 Å². The molecule has 0 aliphatic carbocycles. The molecule has 0 saturated carbocycles. The van der Waals surface area contributed by atoms with Crippen LogP contribution in [0.3, 0.4) is 0 Å². The molecule has 10 heteroatoms. The summed E-state index contributed by atoms with van der Waals surface area (Å²) < 4.78 is 21.2. The van der Waals surface area contributed by atoms with Gasteiger partial charge in [0.1, 0.15) is 11.3 Å². The molecule has 164 valence electrons. The van der Waals surface area contributed by atoms with Gasteiger partial charge in [0.05, 0.1) is 18.1 Å². The molecule has 0 fully saturated rings. The normalized spacial score (nSPS) is 11.3. The van der Waals surface area contributed by atoms with E-state index >= 15 is 0 Å². The minimum atomic E-state index is -0.574. The van der Waals surface area contributed by atoms with Crippen LogP contribution in [0, 0.1) is 12.7 Å². The van der Waals surface area contributed by atoms with E-state index in [1.54, 1.807) is 51.0 Å². The molecule has 0 aliphatic rings. The molecule has 0 saturated heterocycles. The maximum atomic E-state index is 14.4. The van der Waals surface area contributed by atoms with Crippen molar-refractivity contribution in [3.8, 4) is 11.3 Å². The number of ether oxygens (including phenoxy) is 1. The number of amides is 1. The second-order valence-corrected chi connectivity index (χ2v) is 8.04. The van der Waals surface area contributed by atoms with Crippen LogP contribution in [-0.2, 0) is 18.3 Å². The number of hydrogen-bond acceptors (Lipinski definition) is 7. The summed E-state index contributed by atoms with van der Waals surface area (Å²) in [6.07, 6.45) is 3.97. The molecule has 9 nitrogen and oxygen atoms in total. The molecular weight excluding hydrogens is 401 g/mol. The highest BCUT2D eigenvalue weighted by Crippen LogP contribution is 2.25. The van der Waals surface area contributed by atoms with E-state index in [0.29, 0.717) is 17.8 Å². The first kappa shape index (κ1) is 22.2. The number of hydrazine groups is 1. The van der Waals surface area contributed by atoms with E-state index in [9.17, 15) is 9.18 Å². The molecular formula is C21H26FN7O2. The summed E-state index contributed by atoms with van der Waals surface area (Å²) in [5, 5.41) is 7.08. The first-order valence-electron chi connectivity index (χ1n) is 9.71. The van der Waals surface area contributed by atoms with Crippen LogP contribution in [0.25, 0.3) is 11.3 Å². The van der Waals surface area contributed by atoms with Crippen molar-refractivity contribution in [2.45, 2.75) is 39.8 Å². The van der Waals surface area contributed by atoms with Crippen LogP contribution in [0.1, 0.15) is 31.9 Å². The fraction of sp³-hybridized carbons (Fsp3) is 0.333. The number of carbonyl (C=O) groups excluding carboxylic acids is 1. The van der Waals surface area contributed by atoms with Crippen molar-refractivity contribution >= 4 is 17.7 Å². The molecule has 0 aliphatic heterocycles. The van der Waals surface area contributed by atoms with E-state index in [-0.39, 0.29) is 11.6 Å². The Morgan fingerprint density at radius 3 is 2.68 bits per heavy atom. The molecule has 0 spiro atoms. The van der Waals surface area contributed by atoms with Crippen molar-refractivity contribution in [3.05, 3.63) is 53.7 Å². The average Bonchev–Trinajstić information content (AvgIpc) is 3.08. The highest BCUT2D eigenvalue weighted by molar-refractivity contribution is 5.67. The number of anilines is 2. The lowest BCUT2D eigenvalue weighted by Crippen LogP contribution is -2.40. The quantitative estimate of drug-likeness (QED) is 0.516. The van der Waals surface area contributed by atoms with Crippen LogP contribution in [0.4, 0.5) is 20.8 Å². The van der Waals surface area contributed by atoms with Crippen LogP contribution in [-0.4, -0.2) is 31.4 Å². The Morgan fingerprint density at radius 1 is 1.26 bits per heavy atom. The van der Waals surface area contributed by atoms with Crippen molar-refractivity contribution in [1.82, 2.24) is 30.6 Å². The zero-order valence-corrected chi connectivity index (χ0v) is 18.2. The lowest BCUT2D eigenvalue weighted by Gasteiger charge is -2.20. The second kappa shape index (κ2) is 9.09. The summed E-state index contributed by atoms with van der Waals surface area (Å²) in [7, 11) is 1.80. The number of nitrogens with one attached hydrogen (secondary N) is 3. The van der Waals surface area contributed by atoms with Gasteiger partial charge in [0, 0.05) is 25.4 Å². The maximum absolute atomic E-state index is 14.4. The smallest absolute Gasteiger partial charge is 0.422 e. The van der Waals surface area contributed by atoms with Gasteiger partial charge in [0.15, 0.2) is 5.82 Å². The molecule has 0 unspecified atom stereocenters. The van der Waals surface area contributed by atoms with E-state index in [1.807, 2.05) is 19.1 Å². The Bertz CT molecular complexity index is 1080. The van der Waals surface area contributed by atoms with Crippen molar-refractivity contribution in [2.75, 3.05) is 5.32 Å². The molecule has 3 aromatic rings. The molecule has 3 rings (SSSR count). The van der Waals surface area contributed by atoms with Crippen molar-refractivity contribution in [1.29, 1.82) is 0 Å². The van der Waals surface area contributed by atoms with Gasteiger partial charge in [0.2, 0.25) is 5.95 Å². The number of nitrogens with zero attached hydrogens (tertiary/aromatic N) is 4. The van der Waals surface area contributed by atoms with Crippen LogP contribution < -0.4 is 16.2 Å². The number of hydrogen-bond donors (Lipinski definition) is 3. The third kappa shape index (κ3) is 6.22. The molecule has 2 heterocycles. The molecule has 1 amide bonds. The van der Waals surface area contributed by atoms with Gasteiger partial charge in [-0.25, -0.2) is 24.6 Å². The Hall–Kier alpha value is -3.53. The molecule has 0 bridgehead atoms. The van der Waals surface area contributed by atoms with E-state index in [4.69, 9.17) is 4.74 Å². The fourth-order valence-corrected chi connectivity index (χ4v) is 2.80. The highest BCUT2D eigenvalue weighted by atomic mass is 19.1. The zero-order chi connectivity index (χ0) is 22.6. The van der Waals surface area contributed by atoms with Gasteiger partial charge in [-0.05, 0) is 44.9 Å². The topological polar surface area (TPSA) is 106 Å². The van der Waals surface area contributed by atoms with Gasteiger partial charge in [-0.3, -0.25) is 10.1 Å². The Kier molecular flexibility index (Phi) is 6.50. The van der Waals surface area contributed by atoms with Gasteiger partial charge in [-0.1, -0.05) is 12.1 Å². The predicted molar refractivity (Wildman–Crippen MR) is 115 cm³/mol. The van der Waals surface area contributed by atoms with Crippen LogP contribution in [0.5, 0.6) is 0 Å². The van der Waals surface area contributed by atoms with E-state index < -0.39 is 17.5 Å². The fourth-order valence-electron chi connectivity index (χ4n) is 2.80. The number of aryl methyl sites for hydroxylation is 2. The lowest BCUT2D eigenvalue weighted by atomic mass is 10.0. The summed E-state index contributed by atoms with van der Waals surface area (Å²) in [6.45, 7) is 7.66. The first-order valence-corrected chi connectivity index (χ1v) is 9.71. The van der Waals surface area contributed by atoms with Gasteiger partial charge in [-0.2, -0.15) is 5.10 Å². The van der Waals surface area contributed by atoms with E-state index in [1.165, 1.54) is 0 Å². The van der Waals surface area contributed by atoms with Crippen LogP contribution >= 0.6 is 0 Å². The monoisotopic (exact) mass is 427 g/mol. The number of aromatic nitrogens is 4. The summed E-state index contributed by atoms with van der Waals surface area (Å²) in [6, 6.07) is 5.46. The molecule has 31 heavy (non-hydrogen) atoms. The summed E-state index contributed by atoms with van der Waals surface area (Å²) in [5.41, 5.74) is 8.12. The predicted octanol–water partition coefficient (Wildman–Crippen LogP) is 3.60. The van der Waals surface area contributed by atoms with Crippen LogP contribution in [0.2, 0.25) is 0 Å². The Labute approximate surface area is 180 Å². The van der Waals surface area contributed by atoms with E-state index in [2.05, 4.69) is 31.2 Å². The first-order chi connectivity index (χ1) is 14.6. The van der Waals surface area contributed by atoms with Gasteiger partial charge < -0.3 is 10.1 Å². The molecule has 0 atom stereocenters. The van der Waals surface area contributed by atoms with E-state index in [0.717, 1.165) is 17.3 Å². The second-order valence-electron chi connectivity index (χ2n) is 8.04. The Morgan fingerprint density at radius 2 is 2.03 bits per heavy atom. The maximum Gasteiger partial charge on any atom is 0.422 e. The SMILES string of the molecule is Cc1cc(-c2nc(Nc3cnn(C)c3)ncc2F)ccc1CNNC(=O)OC(C)(C)C. The number of halogens is 1. The van der Waals surface area contributed by atoms with Crippen LogP contribution in [0.15, 0.2) is 36.8 Å². The summed E-state index contributed by atoms with van der Waals surface area (Å²) in [5.74, 6) is -0.247. The Balaban J connectivity index is 1.69. The molecule has 2 aromatic heterocycles. The number of benzene rings is 1. The number of rotatable bonds is 6. The highest BCUT2D eigenvalue weighted by Gasteiger charge is 2.16. The molecule has 1 aromatic carbocycles. The standard InChI is InChI=1S/C21H26FN7O2/c1-13-8-14(6-7-15(13)9-24-28-20(30)31-21(2,3)4)18-17(22)11-23-19(27-18)26-16-10-25-29(5)12-16/h6-8,10-12,24H,9H2,1-5H3,(H,28,30)(H,23,26,27). The molecule has 0 radical (unpaired) electrons. The van der Waals surface area contributed by atoms with Crippen molar-refractivity contribution in [2.24, 2.45) is 7.05 Å². The number of carbonyl (C=O) groups is 1. The largest absolute Gasteiger partial charge is 0.443 e. The minimum absolute atomic E-state index is 0.191. The van der Waals surface area contributed by atoms with Crippen molar-refractivity contribution < 1.29 is 13.9 Å². The molecule has 3 N–H and O–H groups in total. The van der Waals surface area contributed by atoms with Gasteiger partial charge in [0.25, 0.3) is 0 Å². The third-order valence-corrected chi connectivity index (χ3v) is 4.19. The average molecular weight is 427 g/mol. The third-order valence-electron chi connectivity index (χ3n) is 4.19. The summed E-state index contributed by atoms with van der Waals surface area (Å²) in [4.78, 5) is 20.0. The minimum Gasteiger partial charge on any atom is -0.443 e. The zero-order valence-electron chi connectivity index (χ0n) is 18.2. The van der Waals surface area contributed by atoms with Crippen molar-refractivity contribution in [3.63, 3.8) is 0 Å². The summed E-state index contributed by atoms with van der Waals surface area (Å²) >= 11 is 0. The van der Waals surface area contributed by atoms with Gasteiger partial charge in [-0.15, -0.1) is 0 Å². The lowest BCUT2D eigenvalue weighted by molar-refractivity contribution is 0.0497.